The summed E-state index contributed by atoms with van der Waals surface area (Å²) in [4.78, 5) is 23.7. The predicted molar refractivity (Wildman–Crippen MR) is 84.2 cm³/mol. The Kier molecular flexibility index (Phi) is 5.19. The second-order valence-electron chi connectivity index (χ2n) is 5.87. The van der Waals surface area contributed by atoms with Gasteiger partial charge < -0.3 is 15.2 Å². The first-order valence-corrected chi connectivity index (χ1v) is 7.72. The number of carbonyl (C=O) groups excluding carboxylic acids is 1. The molecule has 1 aromatic rings. The zero-order valence-corrected chi connectivity index (χ0v) is 13.1. The maximum Gasteiger partial charge on any atom is 0.336 e. The lowest BCUT2D eigenvalue weighted by molar-refractivity contribution is -0.132. The normalized spacial score (nSPS) is 15.9. The molecule has 5 nitrogen and oxygen atoms in total. The fourth-order valence-corrected chi connectivity index (χ4v) is 2.80. The number of nitrogens with one attached hydrogen (secondary N) is 1. The van der Waals surface area contributed by atoms with Crippen molar-refractivity contribution >= 4 is 17.6 Å². The number of anilines is 1. The van der Waals surface area contributed by atoms with Crippen molar-refractivity contribution in [3.63, 3.8) is 0 Å². The molecule has 2 rings (SSSR count). The minimum absolute atomic E-state index is 0.0290. The number of benzene rings is 1. The van der Waals surface area contributed by atoms with Gasteiger partial charge in [-0.05, 0) is 50.8 Å². The molecule has 0 aliphatic heterocycles. The lowest BCUT2D eigenvalue weighted by atomic mass is 9.66. The van der Waals surface area contributed by atoms with Crippen molar-refractivity contribution in [1.29, 1.82) is 0 Å². The zero-order valence-electron chi connectivity index (χ0n) is 13.1. The summed E-state index contributed by atoms with van der Waals surface area (Å²) >= 11 is 0. The Balaban J connectivity index is 2.07. The van der Waals surface area contributed by atoms with Crippen molar-refractivity contribution in [1.82, 2.24) is 0 Å². The third-order valence-corrected chi connectivity index (χ3v) is 4.45. The van der Waals surface area contributed by atoms with E-state index in [9.17, 15) is 9.59 Å². The number of ether oxygens (including phenoxy) is 1. The molecule has 1 fully saturated rings. The molecule has 0 unspecified atom stereocenters. The van der Waals surface area contributed by atoms with Crippen LogP contribution >= 0.6 is 0 Å². The first kappa shape index (κ1) is 16.5. The maximum atomic E-state index is 12.6. The predicted octanol–water partition coefficient (Wildman–Crippen LogP) is 3.23. The van der Waals surface area contributed by atoms with Gasteiger partial charge in [0.1, 0.15) is 0 Å². The topological polar surface area (TPSA) is 75.6 Å². The van der Waals surface area contributed by atoms with Crippen LogP contribution in [0, 0.1) is 12.3 Å². The number of aromatic carboxylic acids is 1. The first-order chi connectivity index (χ1) is 10.5. The number of aryl methyl sites for hydroxylation is 1. The van der Waals surface area contributed by atoms with Crippen molar-refractivity contribution in [3.8, 4) is 0 Å². The van der Waals surface area contributed by atoms with Gasteiger partial charge >= 0.3 is 5.97 Å². The summed E-state index contributed by atoms with van der Waals surface area (Å²) in [6.45, 7) is 4.91. The Morgan fingerprint density at radius 2 is 2.09 bits per heavy atom. The molecule has 0 aromatic heterocycles. The highest BCUT2D eigenvalue weighted by molar-refractivity contribution is 5.97. The van der Waals surface area contributed by atoms with E-state index in [1.165, 1.54) is 6.07 Å². The molecular formula is C17H23NO4. The average molecular weight is 305 g/mol. The summed E-state index contributed by atoms with van der Waals surface area (Å²) < 4.78 is 5.37. The smallest absolute Gasteiger partial charge is 0.336 e. The zero-order chi connectivity index (χ0) is 16.2. The third-order valence-electron chi connectivity index (χ3n) is 4.45. The second kappa shape index (κ2) is 6.92. The number of carboxylic acid groups (broad SMARTS) is 1. The first-order valence-electron chi connectivity index (χ1n) is 7.72. The number of carboxylic acids is 1. The molecule has 2 N–H and O–H groups in total. The van der Waals surface area contributed by atoms with Crippen LogP contribution in [0.3, 0.4) is 0 Å². The van der Waals surface area contributed by atoms with Crippen LogP contribution in [0.4, 0.5) is 5.69 Å². The molecule has 1 amide bonds. The summed E-state index contributed by atoms with van der Waals surface area (Å²) in [5.74, 6) is -1.01. The summed E-state index contributed by atoms with van der Waals surface area (Å²) in [5.41, 5.74) is 1.08. The fourth-order valence-electron chi connectivity index (χ4n) is 2.80. The van der Waals surface area contributed by atoms with Gasteiger partial charge in [-0.25, -0.2) is 4.79 Å². The van der Waals surface area contributed by atoms with Gasteiger partial charge in [-0.1, -0.05) is 12.5 Å². The Labute approximate surface area is 130 Å². The monoisotopic (exact) mass is 305 g/mol. The van der Waals surface area contributed by atoms with Crippen molar-refractivity contribution in [2.45, 2.75) is 39.5 Å². The second-order valence-corrected chi connectivity index (χ2v) is 5.87. The molecule has 1 saturated carbocycles. The number of hydrogen-bond donors (Lipinski definition) is 2. The van der Waals surface area contributed by atoms with E-state index in [4.69, 9.17) is 9.84 Å². The Hall–Kier alpha value is -1.88. The summed E-state index contributed by atoms with van der Waals surface area (Å²) in [7, 11) is 0. The minimum atomic E-state index is -0.983. The van der Waals surface area contributed by atoms with Gasteiger partial charge in [0.25, 0.3) is 0 Å². The summed E-state index contributed by atoms with van der Waals surface area (Å²) in [6, 6.07) is 4.98. The van der Waals surface area contributed by atoms with E-state index < -0.39 is 5.97 Å². The van der Waals surface area contributed by atoms with Crippen molar-refractivity contribution < 1.29 is 19.4 Å². The Morgan fingerprint density at radius 1 is 1.36 bits per heavy atom. The van der Waals surface area contributed by atoms with Gasteiger partial charge in [0.2, 0.25) is 5.91 Å². The highest BCUT2D eigenvalue weighted by atomic mass is 16.5. The van der Waals surface area contributed by atoms with Crippen molar-refractivity contribution in [3.05, 3.63) is 29.3 Å². The molecule has 22 heavy (non-hydrogen) atoms. The molecular weight excluding hydrogens is 282 g/mol. The number of carbonyl (C=O) groups is 2. The van der Waals surface area contributed by atoms with Crippen molar-refractivity contribution in [2.24, 2.45) is 5.41 Å². The third kappa shape index (κ3) is 3.47. The average Bonchev–Trinajstić information content (AvgIpc) is 2.43. The number of hydrogen-bond acceptors (Lipinski definition) is 3. The van der Waals surface area contributed by atoms with E-state index in [1.54, 1.807) is 19.1 Å². The van der Waals surface area contributed by atoms with E-state index in [-0.39, 0.29) is 16.9 Å². The fraction of sp³-hybridized carbons (Fsp3) is 0.529. The number of amides is 1. The molecule has 0 saturated heterocycles. The van der Waals surface area contributed by atoms with Crippen LogP contribution in [0.1, 0.15) is 48.5 Å². The highest BCUT2D eigenvalue weighted by Gasteiger charge is 2.43. The molecule has 1 aliphatic rings. The van der Waals surface area contributed by atoms with E-state index in [1.807, 2.05) is 6.92 Å². The van der Waals surface area contributed by atoms with Gasteiger partial charge in [0.15, 0.2) is 0 Å². The summed E-state index contributed by atoms with van der Waals surface area (Å²) in [5, 5.41) is 12.0. The van der Waals surface area contributed by atoms with E-state index in [2.05, 4.69) is 5.32 Å². The van der Waals surface area contributed by atoms with Crippen LogP contribution in [0.25, 0.3) is 0 Å². The van der Waals surface area contributed by atoms with Gasteiger partial charge in [-0.15, -0.1) is 0 Å². The maximum absolute atomic E-state index is 12.6. The highest BCUT2D eigenvalue weighted by Crippen LogP contribution is 2.44. The minimum Gasteiger partial charge on any atom is -0.478 e. The van der Waals surface area contributed by atoms with Gasteiger partial charge in [0.05, 0.1) is 11.0 Å². The molecule has 120 valence electrons. The molecule has 5 heteroatoms. The summed E-state index contributed by atoms with van der Waals surface area (Å²) in [6.07, 6.45) is 3.49. The quantitative estimate of drug-likeness (QED) is 0.758. The molecule has 1 aliphatic carbocycles. The number of rotatable bonds is 7. The Morgan fingerprint density at radius 3 is 2.64 bits per heavy atom. The van der Waals surface area contributed by atoms with E-state index in [0.717, 1.165) is 19.3 Å². The lowest BCUT2D eigenvalue weighted by Gasteiger charge is -2.40. The van der Waals surface area contributed by atoms with Crippen LogP contribution in [0.15, 0.2) is 18.2 Å². The van der Waals surface area contributed by atoms with Crippen LogP contribution in [0.5, 0.6) is 0 Å². The molecule has 0 heterocycles. The van der Waals surface area contributed by atoms with E-state index in [0.29, 0.717) is 30.9 Å². The Bertz CT molecular complexity index is 564. The molecule has 1 aromatic carbocycles. The SMILES string of the molecule is CCOCCC1(C(=O)Nc2ccc(C)c(C(=O)O)c2)CCC1. The largest absolute Gasteiger partial charge is 0.478 e. The lowest BCUT2D eigenvalue weighted by Crippen LogP contribution is -2.42. The molecule has 0 bridgehead atoms. The van der Waals surface area contributed by atoms with Crippen LogP contribution < -0.4 is 5.32 Å². The van der Waals surface area contributed by atoms with Gasteiger partial charge in [0, 0.05) is 18.9 Å². The van der Waals surface area contributed by atoms with Crippen LogP contribution in [-0.4, -0.2) is 30.2 Å². The van der Waals surface area contributed by atoms with Gasteiger partial charge in [-0.3, -0.25) is 4.79 Å². The molecule has 0 atom stereocenters. The van der Waals surface area contributed by atoms with Gasteiger partial charge in [-0.2, -0.15) is 0 Å². The van der Waals surface area contributed by atoms with Crippen LogP contribution in [0.2, 0.25) is 0 Å². The standard InChI is InChI=1S/C17H23NO4/c1-3-22-10-9-17(7-4-8-17)16(21)18-13-6-5-12(2)14(11-13)15(19)20/h5-6,11H,3-4,7-10H2,1-2H3,(H,18,21)(H,19,20). The molecule has 0 radical (unpaired) electrons. The van der Waals surface area contributed by atoms with E-state index >= 15 is 0 Å². The van der Waals surface area contributed by atoms with Crippen LogP contribution in [-0.2, 0) is 9.53 Å². The molecule has 0 spiro atoms. The van der Waals surface area contributed by atoms with Crippen molar-refractivity contribution in [2.75, 3.05) is 18.5 Å².